The lowest BCUT2D eigenvalue weighted by Gasteiger charge is -2.44. The van der Waals surface area contributed by atoms with E-state index < -0.39 is 0 Å². The minimum Gasteiger partial charge on any atom is -0.375 e. The Hall–Kier alpha value is -0.120. The second-order valence-corrected chi connectivity index (χ2v) is 4.95. The van der Waals surface area contributed by atoms with E-state index >= 15 is 0 Å². The molecule has 0 amide bonds. The van der Waals surface area contributed by atoms with Crippen LogP contribution in [-0.2, 0) is 4.74 Å². The molecule has 2 rings (SSSR count). The Balaban J connectivity index is 1.91. The maximum absolute atomic E-state index is 5.87. The zero-order valence-electron chi connectivity index (χ0n) is 10.0. The van der Waals surface area contributed by atoms with Crippen LogP contribution >= 0.6 is 0 Å². The van der Waals surface area contributed by atoms with Gasteiger partial charge in [-0.1, -0.05) is 12.8 Å². The Morgan fingerprint density at radius 3 is 3.00 bits per heavy atom. The maximum atomic E-state index is 5.87. The van der Waals surface area contributed by atoms with Crippen LogP contribution in [-0.4, -0.2) is 49.8 Å². The molecule has 3 heteroatoms. The van der Waals surface area contributed by atoms with E-state index in [-0.39, 0.29) is 0 Å². The highest BCUT2D eigenvalue weighted by molar-refractivity contribution is 4.88. The largest absolute Gasteiger partial charge is 0.375 e. The van der Waals surface area contributed by atoms with Crippen molar-refractivity contribution in [2.75, 3.05) is 26.7 Å². The van der Waals surface area contributed by atoms with Gasteiger partial charge in [0, 0.05) is 25.2 Å². The van der Waals surface area contributed by atoms with Crippen LogP contribution < -0.4 is 5.32 Å². The summed E-state index contributed by atoms with van der Waals surface area (Å²) >= 11 is 0. The molecular formula is C12H24N2O. The molecule has 3 unspecified atom stereocenters. The molecule has 0 aromatic rings. The zero-order chi connectivity index (χ0) is 10.7. The van der Waals surface area contributed by atoms with Crippen LogP contribution in [0.2, 0.25) is 0 Å². The SMILES string of the molecule is CNC(C)CN1CCOC2CCCCC21. The van der Waals surface area contributed by atoms with Crippen molar-refractivity contribution in [2.45, 2.75) is 50.8 Å². The highest BCUT2D eigenvalue weighted by Gasteiger charge is 2.34. The first-order chi connectivity index (χ1) is 7.31. The fraction of sp³-hybridized carbons (Fsp3) is 1.00. The van der Waals surface area contributed by atoms with Crippen LogP contribution in [0.1, 0.15) is 32.6 Å². The molecule has 0 aromatic heterocycles. The molecule has 15 heavy (non-hydrogen) atoms. The van der Waals surface area contributed by atoms with E-state index in [1.165, 1.54) is 32.2 Å². The van der Waals surface area contributed by atoms with Crippen molar-refractivity contribution in [3.8, 4) is 0 Å². The lowest BCUT2D eigenvalue weighted by Crippen LogP contribution is -2.55. The van der Waals surface area contributed by atoms with Gasteiger partial charge >= 0.3 is 0 Å². The van der Waals surface area contributed by atoms with Crippen molar-refractivity contribution in [3.63, 3.8) is 0 Å². The van der Waals surface area contributed by atoms with Gasteiger partial charge in [0.15, 0.2) is 0 Å². The summed E-state index contributed by atoms with van der Waals surface area (Å²) in [5.41, 5.74) is 0. The molecule has 1 saturated carbocycles. The van der Waals surface area contributed by atoms with Crippen molar-refractivity contribution >= 4 is 0 Å². The fourth-order valence-corrected chi connectivity index (χ4v) is 2.85. The molecule has 3 nitrogen and oxygen atoms in total. The Morgan fingerprint density at radius 1 is 1.40 bits per heavy atom. The fourth-order valence-electron chi connectivity index (χ4n) is 2.85. The van der Waals surface area contributed by atoms with Gasteiger partial charge in [-0.15, -0.1) is 0 Å². The Bertz CT molecular complexity index is 196. The molecule has 1 N–H and O–H groups in total. The Kier molecular flexibility index (Phi) is 4.00. The van der Waals surface area contributed by atoms with E-state index in [9.17, 15) is 0 Å². The van der Waals surface area contributed by atoms with E-state index in [4.69, 9.17) is 4.74 Å². The third-order valence-corrected chi connectivity index (χ3v) is 3.85. The number of likely N-dealkylation sites (N-methyl/N-ethyl adjacent to an activating group) is 1. The quantitative estimate of drug-likeness (QED) is 0.762. The Labute approximate surface area is 93.2 Å². The first-order valence-electron chi connectivity index (χ1n) is 6.34. The third-order valence-electron chi connectivity index (χ3n) is 3.85. The summed E-state index contributed by atoms with van der Waals surface area (Å²) in [6.07, 6.45) is 5.87. The summed E-state index contributed by atoms with van der Waals surface area (Å²) in [6.45, 7) is 5.47. The van der Waals surface area contributed by atoms with Gasteiger partial charge in [-0.2, -0.15) is 0 Å². The van der Waals surface area contributed by atoms with E-state index in [2.05, 4.69) is 17.1 Å². The average Bonchev–Trinajstić information content (AvgIpc) is 2.29. The maximum Gasteiger partial charge on any atom is 0.0730 e. The minimum atomic E-state index is 0.525. The predicted molar refractivity (Wildman–Crippen MR) is 62.1 cm³/mol. The van der Waals surface area contributed by atoms with Crippen molar-refractivity contribution in [1.82, 2.24) is 10.2 Å². The molecule has 1 aliphatic heterocycles. The van der Waals surface area contributed by atoms with Gasteiger partial charge in [-0.05, 0) is 26.8 Å². The summed E-state index contributed by atoms with van der Waals surface area (Å²) in [4.78, 5) is 2.63. The lowest BCUT2D eigenvalue weighted by molar-refractivity contribution is -0.0895. The molecule has 0 radical (unpaired) electrons. The van der Waals surface area contributed by atoms with Gasteiger partial charge in [-0.25, -0.2) is 0 Å². The normalized spacial score (nSPS) is 34.8. The number of nitrogens with zero attached hydrogens (tertiary/aromatic N) is 1. The van der Waals surface area contributed by atoms with Crippen LogP contribution in [0.15, 0.2) is 0 Å². The van der Waals surface area contributed by atoms with Crippen LogP contribution in [0.3, 0.4) is 0 Å². The van der Waals surface area contributed by atoms with E-state index in [0.29, 0.717) is 18.2 Å². The smallest absolute Gasteiger partial charge is 0.0730 e. The molecule has 1 saturated heterocycles. The highest BCUT2D eigenvalue weighted by Crippen LogP contribution is 2.28. The van der Waals surface area contributed by atoms with E-state index in [1.54, 1.807) is 0 Å². The Morgan fingerprint density at radius 2 is 2.20 bits per heavy atom. The van der Waals surface area contributed by atoms with Crippen molar-refractivity contribution in [3.05, 3.63) is 0 Å². The number of nitrogens with one attached hydrogen (secondary N) is 1. The first kappa shape index (κ1) is 11.4. The summed E-state index contributed by atoms with van der Waals surface area (Å²) in [6, 6.07) is 1.29. The molecule has 0 spiro atoms. The second-order valence-electron chi connectivity index (χ2n) is 4.95. The van der Waals surface area contributed by atoms with Crippen LogP contribution in [0.5, 0.6) is 0 Å². The molecule has 2 fully saturated rings. The summed E-state index contributed by atoms with van der Waals surface area (Å²) < 4.78 is 5.87. The molecule has 0 aromatic carbocycles. The van der Waals surface area contributed by atoms with Crippen molar-refractivity contribution in [1.29, 1.82) is 0 Å². The zero-order valence-corrected chi connectivity index (χ0v) is 10.0. The van der Waals surface area contributed by atoms with Gasteiger partial charge in [0.25, 0.3) is 0 Å². The number of rotatable bonds is 3. The predicted octanol–water partition coefficient (Wildman–Crippen LogP) is 1.24. The van der Waals surface area contributed by atoms with Crippen LogP contribution in [0.4, 0.5) is 0 Å². The monoisotopic (exact) mass is 212 g/mol. The number of ether oxygens (including phenoxy) is 1. The van der Waals surface area contributed by atoms with Crippen LogP contribution in [0, 0.1) is 0 Å². The van der Waals surface area contributed by atoms with Gasteiger partial charge < -0.3 is 10.1 Å². The molecular weight excluding hydrogens is 188 g/mol. The van der Waals surface area contributed by atoms with Gasteiger partial charge in [0.1, 0.15) is 0 Å². The highest BCUT2D eigenvalue weighted by atomic mass is 16.5. The molecule has 1 aliphatic carbocycles. The topological polar surface area (TPSA) is 24.5 Å². The second kappa shape index (κ2) is 5.28. The number of morpholine rings is 1. The van der Waals surface area contributed by atoms with Crippen molar-refractivity contribution < 1.29 is 4.74 Å². The summed E-state index contributed by atoms with van der Waals surface area (Å²) in [7, 11) is 2.05. The molecule has 88 valence electrons. The third kappa shape index (κ3) is 2.71. The molecule has 2 aliphatic rings. The average molecular weight is 212 g/mol. The summed E-state index contributed by atoms with van der Waals surface area (Å²) in [5.74, 6) is 0. The van der Waals surface area contributed by atoms with Gasteiger partial charge in [-0.3, -0.25) is 4.90 Å². The molecule has 0 bridgehead atoms. The van der Waals surface area contributed by atoms with E-state index in [1.807, 2.05) is 7.05 Å². The molecule has 3 atom stereocenters. The standard InChI is InChI=1S/C12H24N2O/c1-10(13-2)9-14-7-8-15-12-6-4-3-5-11(12)14/h10-13H,3-9H2,1-2H3. The van der Waals surface area contributed by atoms with Crippen molar-refractivity contribution in [2.24, 2.45) is 0 Å². The lowest BCUT2D eigenvalue weighted by atomic mass is 9.90. The van der Waals surface area contributed by atoms with Gasteiger partial charge in [0.05, 0.1) is 12.7 Å². The summed E-state index contributed by atoms with van der Waals surface area (Å²) in [5, 5.41) is 3.33. The number of hydrogen-bond donors (Lipinski definition) is 1. The molecule has 1 heterocycles. The van der Waals surface area contributed by atoms with Gasteiger partial charge in [0.2, 0.25) is 0 Å². The number of fused-ring (bicyclic) bond motifs is 1. The van der Waals surface area contributed by atoms with Crippen LogP contribution in [0.25, 0.3) is 0 Å². The minimum absolute atomic E-state index is 0.525. The van der Waals surface area contributed by atoms with E-state index in [0.717, 1.165) is 13.2 Å². The first-order valence-corrected chi connectivity index (χ1v) is 6.34. The number of hydrogen-bond acceptors (Lipinski definition) is 3.